The molecule has 0 saturated heterocycles. The van der Waals surface area contributed by atoms with Crippen molar-refractivity contribution in [2.24, 2.45) is 0 Å². The quantitative estimate of drug-likeness (QED) is 0.371. The van der Waals surface area contributed by atoms with Crippen molar-refractivity contribution in [3.05, 3.63) is 46.9 Å². The molecule has 5 nitrogen and oxygen atoms in total. The van der Waals surface area contributed by atoms with Crippen molar-refractivity contribution in [1.82, 2.24) is 15.0 Å². The van der Waals surface area contributed by atoms with Crippen LogP contribution in [0.3, 0.4) is 0 Å². The highest BCUT2D eigenvalue weighted by Gasteiger charge is 2.30. The molecule has 0 amide bonds. The highest BCUT2D eigenvalue weighted by atomic mass is 19.4. The maximum Gasteiger partial charge on any atom is 0.416 e. The molecule has 1 heterocycles. The summed E-state index contributed by atoms with van der Waals surface area (Å²) in [7, 11) is 0. The smallest absolute Gasteiger partial charge is 0.416 e. The van der Waals surface area contributed by atoms with Crippen molar-refractivity contribution >= 4 is 6.21 Å². The van der Waals surface area contributed by atoms with Crippen molar-refractivity contribution in [2.45, 2.75) is 32.5 Å². The summed E-state index contributed by atoms with van der Waals surface area (Å²) in [6.07, 6.45) is -1.62. The Balaban J connectivity index is 2.25. The van der Waals surface area contributed by atoms with Gasteiger partial charge in [0.15, 0.2) is 11.2 Å². The number of hydrogen-bond acceptors (Lipinski definition) is 3. The maximum atomic E-state index is 12.5. The number of halogens is 3. The summed E-state index contributed by atoms with van der Waals surface area (Å²) in [5.74, 6) is 0. The zero-order valence-corrected chi connectivity index (χ0v) is 12.3. The minimum Gasteiger partial charge on any atom is -0.623 e. The molecule has 0 spiro atoms. The van der Waals surface area contributed by atoms with Crippen LogP contribution in [0.15, 0.2) is 30.5 Å². The number of hydrogen-bond donors (Lipinski definition) is 0. The topological polar surface area (TPSA) is 56.8 Å². The SMILES string of the molecule is CC(C)(C)/[N+]([O-])=C/c1cn(-c2ccc(C(F)(F)F)cc2)nn1. The minimum atomic E-state index is -4.38. The number of alkyl halides is 3. The van der Waals surface area contributed by atoms with Gasteiger partial charge in [-0.05, 0) is 24.3 Å². The first kappa shape index (κ1) is 16.0. The summed E-state index contributed by atoms with van der Waals surface area (Å²) in [6, 6.07) is 4.52. The van der Waals surface area contributed by atoms with E-state index in [-0.39, 0.29) is 0 Å². The van der Waals surface area contributed by atoms with E-state index >= 15 is 0 Å². The number of hydroxylamine groups is 1. The van der Waals surface area contributed by atoms with Gasteiger partial charge in [0.05, 0.1) is 17.4 Å². The van der Waals surface area contributed by atoms with Gasteiger partial charge in [-0.2, -0.15) is 13.2 Å². The Kier molecular flexibility index (Phi) is 3.95. The normalized spacial score (nSPS) is 13.5. The van der Waals surface area contributed by atoms with Crippen LogP contribution < -0.4 is 0 Å². The van der Waals surface area contributed by atoms with Crippen molar-refractivity contribution in [3.8, 4) is 5.69 Å². The van der Waals surface area contributed by atoms with E-state index in [4.69, 9.17) is 0 Å². The molecule has 2 aromatic rings. The Hall–Kier alpha value is -2.38. The van der Waals surface area contributed by atoms with Crippen LogP contribution in [0.2, 0.25) is 0 Å². The molecule has 0 radical (unpaired) electrons. The van der Waals surface area contributed by atoms with Crippen LogP contribution in [0.25, 0.3) is 5.69 Å². The van der Waals surface area contributed by atoms with Gasteiger partial charge >= 0.3 is 6.18 Å². The lowest BCUT2D eigenvalue weighted by molar-refractivity contribution is -0.530. The molecule has 2 rings (SSSR count). The highest BCUT2D eigenvalue weighted by molar-refractivity contribution is 5.72. The second-order valence-electron chi connectivity index (χ2n) is 5.76. The third kappa shape index (κ3) is 3.63. The monoisotopic (exact) mass is 312 g/mol. The lowest BCUT2D eigenvalue weighted by Crippen LogP contribution is -2.29. The fraction of sp³-hybridized carbons (Fsp3) is 0.357. The Morgan fingerprint density at radius 1 is 1.14 bits per heavy atom. The lowest BCUT2D eigenvalue weighted by Gasteiger charge is -2.17. The molecule has 0 unspecified atom stereocenters. The molecule has 0 atom stereocenters. The van der Waals surface area contributed by atoms with Gasteiger partial charge in [0, 0.05) is 20.8 Å². The number of aromatic nitrogens is 3. The Labute approximate surface area is 125 Å². The Bertz CT molecular complexity index is 681. The van der Waals surface area contributed by atoms with Crippen LogP contribution in [0, 0.1) is 5.21 Å². The molecule has 1 aromatic heterocycles. The lowest BCUT2D eigenvalue weighted by atomic mass is 10.1. The van der Waals surface area contributed by atoms with Gasteiger partial charge in [-0.25, -0.2) is 9.42 Å². The molecule has 0 bridgehead atoms. The first-order valence-corrected chi connectivity index (χ1v) is 6.49. The molecular weight excluding hydrogens is 297 g/mol. The van der Waals surface area contributed by atoms with E-state index in [1.54, 1.807) is 20.8 Å². The third-order valence-electron chi connectivity index (χ3n) is 2.88. The van der Waals surface area contributed by atoms with E-state index in [0.29, 0.717) is 11.4 Å². The standard InChI is InChI=1S/C14H15F3N4O/c1-13(2,3)21(22)9-11-8-20(19-18-11)12-6-4-10(5-7-12)14(15,16)17/h4-9H,1-3H3/b21-9-. The number of rotatable bonds is 2. The van der Waals surface area contributed by atoms with Gasteiger partial charge < -0.3 is 5.21 Å². The minimum absolute atomic E-state index is 0.324. The highest BCUT2D eigenvalue weighted by Crippen LogP contribution is 2.29. The summed E-state index contributed by atoms with van der Waals surface area (Å²) in [6.45, 7) is 5.24. The molecule has 0 aliphatic rings. The largest absolute Gasteiger partial charge is 0.623 e. The first-order valence-electron chi connectivity index (χ1n) is 6.49. The summed E-state index contributed by atoms with van der Waals surface area (Å²) >= 11 is 0. The van der Waals surface area contributed by atoms with Gasteiger partial charge in [-0.1, -0.05) is 5.21 Å². The molecule has 0 fully saturated rings. The van der Waals surface area contributed by atoms with E-state index in [2.05, 4.69) is 10.3 Å². The zero-order valence-electron chi connectivity index (χ0n) is 12.3. The number of benzene rings is 1. The molecule has 118 valence electrons. The van der Waals surface area contributed by atoms with Crippen molar-refractivity contribution < 1.29 is 17.9 Å². The molecule has 8 heteroatoms. The van der Waals surface area contributed by atoms with Crippen molar-refractivity contribution in [3.63, 3.8) is 0 Å². The van der Waals surface area contributed by atoms with Gasteiger partial charge in [-0.3, -0.25) is 0 Å². The third-order valence-corrected chi connectivity index (χ3v) is 2.88. The Morgan fingerprint density at radius 2 is 1.73 bits per heavy atom. The zero-order chi connectivity index (χ0) is 16.5. The summed E-state index contributed by atoms with van der Waals surface area (Å²) in [5, 5.41) is 19.4. The maximum absolute atomic E-state index is 12.5. The van der Waals surface area contributed by atoms with Gasteiger partial charge in [0.25, 0.3) is 0 Å². The van der Waals surface area contributed by atoms with E-state index in [1.807, 2.05) is 0 Å². The van der Waals surface area contributed by atoms with Crippen LogP contribution in [0.5, 0.6) is 0 Å². The molecule has 0 aliphatic heterocycles. The van der Waals surface area contributed by atoms with Crippen LogP contribution in [-0.2, 0) is 6.18 Å². The summed E-state index contributed by atoms with van der Waals surface area (Å²) in [5.41, 5.74) is -0.599. The fourth-order valence-corrected chi connectivity index (χ4v) is 1.58. The second-order valence-corrected chi connectivity index (χ2v) is 5.76. The van der Waals surface area contributed by atoms with E-state index in [0.717, 1.165) is 16.9 Å². The van der Waals surface area contributed by atoms with Gasteiger partial charge in [0.1, 0.15) is 0 Å². The van der Waals surface area contributed by atoms with Crippen LogP contribution in [-0.4, -0.2) is 31.5 Å². The van der Waals surface area contributed by atoms with Crippen molar-refractivity contribution in [2.75, 3.05) is 0 Å². The van der Waals surface area contributed by atoms with Crippen LogP contribution in [0.1, 0.15) is 32.0 Å². The van der Waals surface area contributed by atoms with Gasteiger partial charge in [-0.15, -0.1) is 5.10 Å². The number of nitrogens with zero attached hydrogens (tertiary/aromatic N) is 4. The average Bonchev–Trinajstić information content (AvgIpc) is 2.85. The van der Waals surface area contributed by atoms with E-state index in [1.165, 1.54) is 29.2 Å². The predicted octanol–water partition coefficient (Wildman–Crippen LogP) is 3.01. The van der Waals surface area contributed by atoms with Crippen molar-refractivity contribution in [1.29, 1.82) is 0 Å². The second kappa shape index (κ2) is 5.43. The fourth-order valence-electron chi connectivity index (χ4n) is 1.58. The molecule has 0 aliphatic carbocycles. The molecule has 0 saturated carbocycles. The molecule has 0 N–H and O–H groups in total. The molecule has 1 aromatic carbocycles. The Morgan fingerprint density at radius 3 is 2.23 bits per heavy atom. The molecular formula is C14H15F3N4O. The average molecular weight is 312 g/mol. The molecule has 22 heavy (non-hydrogen) atoms. The van der Waals surface area contributed by atoms with E-state index in [9.17, 15) is 18.4 Å². The summed E-state index contributed by atoms with van der Waals surface area (Å²) in [4.78, 5) is 0. The van der Waals surface area contributed by atoms with Crippen LogP contribution in [0.4, 0.5) is 13.2 Å². The summed E-state index contributed by atoms with van der Waals surface area (Å²) < 4.78 is 39.6. The van der Waals surface area contributed by atoms with Gasteiger partial charge in [0.2, 0.25) is 6.21 Å². The van der Waals surface area contributed by atoms with E-state index < -0.39 is 17.3 Å². The predicted molar refractivity (Wildman–Crippen MR) is 74.9 cm³/mol. The first-order chi connectivity index (χ1) is 10.1. The van der Waals surface area contributed by atoms with Crippen LogP contribution >= 0.6 is 0 Å².